The van der Waals surface area contributed by atoms with Crippen LogP contribution in [0.4, 0.5) is 0 Å². The smallest absolute Gasteiger partial charge is 0.854 e. The first-order chi connectivity index (χ1) is 12.2. The molecule has 0 aromatic rings. The van der Waals surface area contributed by atoms with Crippen LogP contribution in [-0.2, 0) is 26.2 Å². The molecular formula is C24H52O4Zr. The minimum Gasteiger partial charge on any atom is -0.854 e. The van der Waals surface area contributed by atoms with E-state index in [1.165, 1.54) is 0 Å². The molecule has 0 radical (unpaired) electrons. The maximum Gasteiger partial charge on any atom is 4.00 e. The fourth-order valence-corrected chi connectivity index (χ4v) is 1.22. The molecule has 0 spiro atoms. The first kappa shape index (κ1) is 40.1. The molecule has 0 bridgehead atoms. The van der Waals surface area contributed by atoms with E-state index in [-0.39, 0.29) is 74.3 Å². The van der Waals surface area contributed by atoms with Gasteiger partial charge in [-0.15, -0.1) is 26.4 Å². The molecule has 0 rings (SSSR count). The number of hydrogen-bond donors (Lipinski definition) is 0. The van der Waals surface area contributed by atoms with Crippen molar-refractivity contribution in [1.82, 2.24) is 0 Å². The minimum atomic E-state index is 0. The zero-order valence-electron chi connectivity index (χ0n) is 21.8. The van der Waals surface area contributed by atoms with Crippen molar-refractivity contribution in [2.24, 2.45) is 21.7 Å². The van der Waals surface area contributed by atoms with Gasteiger partial charge in [0, 0.05) is 0 Å². The van der Waals surface area contributed by atoms with Crippen LogP contribution in [-0.4, -0.2) is 26.4 Å². The van der Waals surface area contributed by atoms with Gasteiger partial charge in [-0.1, -0.05) is 109 Å². The van der Waals surface area contributed by atoms with Crippen LogP contribution in [0.1, 0.15) is 109 Å². The van der Waals surface area contributed by atoms with Crippen LogP contribution in [0, 0.1) is 21.7 Å². The molecule has 0 atom stereocenters. The summed E-state index contributed by atoms with van der Waals surface area (Å²) in [4.78, 5) is 0. The molecule has 0 amide bonds. The van der Waals surface area contributed by atoms with Gasteiger partial charge in [-0.2, -0.15) is 0 Å². The van der Waals surface area contributed by atoms with Gasteiger partial charge in [-0.05, 0) is 21.7 Å². The molecule has 0 aliphatic heterocycles. The Bertz CT molecular complexity index is 241. The second-order valence-electron chi connectivity index (χ2n) is 12.1. The maximum absolute atomic E-state index is 9.95. The fourth-order valence-electron chi connectivity index (χ4n) is 1.22. The fraction of sp³-hybridized carbons (Fsp3) is 1.00. The Morgan fingerprint density at radius 1 is 0.345 bits per heavy atom. The Labute approximate surface area is 203 Å². The molecule has 0 heterocycles. The van der Waals surface area contributed by atoms with Crippen molar-refractivity contribution in [2.45, 2.75) is 109 Å². The predicted molar refractivity (Wildman–Crippen MR) is 116 cm³/mol. The summed E-state index contributed by atoms with van der Waals surface area (Å²) in [5, 5.41) is 39.8. The van der Waals surface area contributed by atoms with Crippen LogP contribution in [0.2, 0.25) is 0 Å². The SMILES string of the molecule is CC(C)(C)CC[O-].CC(C)(C)CC[O-].CC(C)(C)CC[O-].CC(C)(C)CC[O-].[Zr+4]. The zero-order valence-corrected chi connectivity index (χ0v) is 24.2. The number of rotatable bonds is 4. The Hall–Kier alpha value is 0.723. The molecule has 0 saturated heterocycles. The first-order valence-corrected chi connectivity index (χ1v) is 10.6. The summed E-state index contributed by atoms with van der Waals surface area (Å²) in [6.45, 7) is 25.1. The Kier molecular flexibility index (Phi) is 28.5. The van der Waals surface area contributed by atoms with E-state index in [1.807, 2.05) is 0 Å². The van der Waals surface area contributed by atoms with Crippen molar-refractivity contribution in [2.75, 3.05) is 26.4 Å². The number of hydrogen-bond acceptors (Lipinski definition) is 4. The molecule has 0 fully saturated rings. The summed E-state index contributed by atoms with van der Waals surface area (Å²) < 4.78 is 0. The second-order valence-corrected chi connectivity index (χ2v) is 12.1. The molecule has 0 unspecified atom stereocenters. The van der Waals surface area contributed by atoms with E-state index in [9.17, 15) is 20.4 Å². The Morgan fingerprint density at radius 3 is 0.448 bits per heavy atom. The Balaban J connectivity index is -0.0000000873. The van der Waals surface area contributed by atoms with Crippen molar-refractivity contribution >= 4 is 0 Å². The van der Waals surface area contributed by atoms with Gasteiger partial charge in [0.25, 0.3) is 0 Å². The summed E-state index contributed by atoms with van der Waals surface area (Å²) in [6.07, 6.45) is 3.14. The summed E-state index contributed by atoms with van der Waals surface area (Å²) in [7, 11) is 0. The summed E-state index contributed by atoms with van der Waals surface area (Å²) in [5.74, 6) is 0. The van der Waals surface area contributed by atoms with Gasteiger partial charge >= 0.3 is 26.2 Å². The molecule has 4 nitrogen and oxygen atoms in total. The monoisotopic (exact) mass is 494 g/mol. The standard InChI is InChI=1S/4C6H13O.Zr/c4*1-6(2,3)4-5-7;/h4*4-5H2,1-3H3;/q4*-1;+4. The quantitative estimate of drug-likeness (QED) is 0.599. The van der Waals surface area contributed by atoms with Gasteiger partial charge in [-0.3, -0.25) is 0 Å². The van der Waals surface area contributed by atoms with E-state index in [2.05, 4.69) is 83.1 Å². The van der Waals surface area contributed by atoms with Crippen LogP contribution >= 0.6 is 0 Å². The van der Waals surface area contributed by atoms with Gasteiger partial charge < -0.3 is 20.4 Å². The third kappa shape index (κ3) is 73.3. The van der Waals surface area contributed by atoms with Crippen LogP contribution in [0.5, 0.6) is 0 Å². The van der Waals surface area contributed by atoms with Crippen molar-refractivity contribution in [3.8, 4) is 0 Å². The average molecular weight is 496 g/mol. The van der Waals surface area contributed by atoms with E-state index in [0.717, 1.165) is 25.7 Å². The van der Waals surface area contributed by atoms with Crippen molar-refractivity contribution < 1.29 is 46.6 Å². The van der Waals surface area contributed by atoms with Gasteiger partial charge in [0.15, 0.2) is 0 Å². The zero-order chi connectivity index (χ0) is 23.7. The molecule has 0 aromatic carbocycles. The topological polar surface area (TPSA) is 92.2 Å². The van der Waals surface area contributed by atoms with Crippen LogP contribution in [0.25, 0.3) is 0 Å². The molecule has 0 N–H and O–H groups in total. The van der Waals surface area contributed by atoms with E-state index in [4.69, 9.17) is 0 Å². The van der Waals surface area contributed by atoms with Gasteiger partial charge in [-0.25, -0.2) is 0 Å². The summed E-state index contributed by atoms with van der Waals surface area (Å²) in [5.41, 5.74) is 0.951. The molecule has 29 heavy (non-hydrogen) atoms. The maximum atomic E-state index is 9.95. The van der Waals surface area contributed by atoms with E-state index in [1.54, 1.807) is 0 Å². The average Bonchev–Trinajstić information content (AvgIpc) is 2.34. The normalized spacial score (nSPS) is 11.6. The minimum absolute atomic E-state index is 0. The van der Waals surface area contributed by atoms with Crippen molar-refractivity contribution in [3.63, 3.8) is 0 Å². The van der Waals surface area contributed by atoms with E-state index >= 15 is 0 Å². The van der Waals surface area contributed by atoms with Crippen LogP contribution in [0.3, 0.4) is 0 Å². The second kappa shape index (κ2) is 20.6. The largest absolute Gasteiger partial charge is 4.00 e. The molecule has 0 aliphatic rings. The van der Waals surface area contributed by atoms with Crippen LogP contribution < -0.4 is 20.4 Å². The molecule has 0 aliphatic carbocycles. The third-order valence-corrected chi connectivity index (χ3v) is 3.41. The third-order valence-electron chi connectivity index (χ3n) is 3.41. The molecule has 5 heteroatoms. The summed E-state index contributed by atoms with van der Waals surface area (Å²) >= 11 is 0. The van der Waals surface area contributed by atoms with Crippen LogP contribution in [0.15, 0.2) is 0 Å². The summed E-state index contributed by atoms with van der Waals surface area (Å²) in [6, 6.07) is 0. The Morgan fingerprint density at radius 2 is 0.448 bits per heavy atom. The molecular weight excluding hydrogens is 443 g/mol. The van der Waals surface area contributed by atoms with E-state index < -0.39 is 0 Å². The van der Waals surface area contributed by atoms with Gasteiger partial charge in [0.05, 0.1) is 0 Å². The van der Waals surface area contributed by atoms with Gasteiger partial charge in [0.2, 0.25) is 0 Å². The van der Waals surface area contributed by atoms with Crippen molar-refractivity contribution in [3.05, 3.63) is 0 Å². The molecule has 0 aromatic heterocycles. The first-order valence-electron chi connectivity index (χ1n) is 10.6. The molecule has 176 valence electrons. The molecule has 0 saturated carbocycles. The predicted octanol–water partition coefficient (Wildman–Crippen LogP) is 3.13. The van der Waals surface area contributed by atoms with Gasteiger partial charge in [0.1, 0.15) is 0 Å². The van der Waals surface area contributed by atoms with Crippen molar-refractivity contribution in [1.29, 1.82) is 0 Å². The van der Waals surface area contributed by atoms with E-state index in [0.29, 0.717) is 0 Å².